The molecule has 3 aliphatic heterocycles. The van der Waals surface area contributed by atoms with Gasteiger partial charge in [0.1, 0.15) is 6.04 Å². The van der Waals surface area contributed by atoms with Gasteiger partial charge in [-0.1, -0.05) is 12.1 Å². The van der Waals surface area contributed by atoms with Crippen molar-refractivity contribution in [3.05, 3.63) is 34.9 Å². The van der Waals surface area contributed by atoms with Crippen LogP contribution in [0.5, 0.6) is 0 Å². The SMILES string of the molecule is O=C1CCC(N2Cc3ccc(CN4CCNC(CC(F)F)C4)cc3C2=O)C(=O)N1. The molecule has 0 spiro atoms. The zero-order chi connectivity index (χ0) is 20.5. The summed E-state index contributed by atoms with van der Waals surface area (Å²) in [4.78, 5) is 40.0. The quantitative estimate of drug-likeness (QED) is 0.710. The third-order valence-corrected chi connectivity index (χ3v) is 5.80. The van der Waals surface area contributed by atoms with Crippen molar-refractivity contribution in [2.24, 2.45) is 0 Å². The van der Waals surface area contributed by atoms with Gasteiger partial charge >= 0.3 is 0 Å². The zero-order valence-electron chi connectivity index (χ0n) is 16.0. The van der Waals surface area contributed by atoms with Crippen molar-refractivity contribution in [2.75, 3.05) is 19.6 Å². The Kier molecular flexibility index (Phi) is 5.60. The van der Waals surface area contributed by atoms with E-state index in [4.69, 9.17) is 0 Å². The molecule has 1 aromatic carbocycles. The molecular weight excluding hydrogens is 382 g/mol. The number of nitrogens with one attached hydrogen (secondary N) is 2. The van der Waals surface area contributed by atoms with Gasteiger partial charge in [-0.05, 0) is 23.6 Å². The average Bonchev–Trinajstić information content (AvgIpc) is 2.98. The number of carbonyl (C=O) groups is 3. The van der Waals surface area contributed by atoms with E-state index in [1.165, 1.54) is 4.90 Å². The van der Waals surface area contributed by atoms with Crippen LogP contribution in [0.25, 0.3) is 0 Å². The fourth-order valence-electron chi connectivity index (χ4n) is 4.37. The molecule has 2 atom stereocenters. The summed E-state index contributed by atoms with van der Waals surface area (Å²) in [6.45, 7) is 2.89. The van der Waals surface area contributed by atoms with Crippen LogP contribution in [0.2, 0.25) is 0 Å². The van der Waals surface area contributed by atoms with E-state index >= 15 is 0 Å². The number of benzene rings is 1. The second kappa shape index (κ2) is 8.16. The summed E-state index contributed by atoms with van der Waals surface area (Å²) in [6.07, 6.45) is -1.93. The summed E-state index contributed by atoms with van der Waals surface area (Å²) >= 11 is 0. The van der Waals surface area contributed by atoms with Gasteiger partial charge in [0.25, 0.3) is 5.91 Å². The molecular formula is C20H24F2N4O3. The van der Waals surface area contributed by atoms with Crippen molar-refractivity contribution in [3.8, 4) is 0 Å². The molecule has 2 fully saturated rings. The number of carbonyl (C=O) groups excluding carboxylic acids is 3. The van der Waals surface area contributed by atoms with E-state index in [1.807, 2.05) is 18.2 Å². The lowest BCUT2D eigenvalue weighted by Crippen LogP contribution is -2.52. The number of hydrogen-bond acceptors (Lipinski definition) is 5. The molecule has 4 rings (SSSR count). The Morgan fingerprint density at radius 2 is 2.03 bits per heavy atom. The fraction of sp³-hybridized carbons (Fsp3) is 0.550. The first-order valence-electron chi connectivity index (χ1n) is 9.91. The van der Waals surface area contributed by atoms with E-state index in [0.29, 0.717) is 38.2 Å². The highest BCUT2D eigenvalue weighted by Gasteiger charge is 2.39. The van der Waals surface area contributed by atoms with E-state index in [9.17, 15) is 23.2 Å². The number of rotatable bonds is 5. The van der Waals surface area contributed by atoms with Crippen LogP contribution < -0.4 is 10.6 Å². The van der Waals surface area contributed by atoms with Gasteiger partial charge in [-0.15, -0.1) is 0 Å². The fourth-order valence-corrected chi connectivity index (χ4v) is 4.37. The van der Waals surface area contributed by atoms with Crippen LogP contribution in [0.15, 0.2) is 18.2 Å². The summed E-state index contributed by atoms with van der Waals surface area (Å²) in [5, 5.41) is 5.42. The standard InChI is InChI=1S/C20H24F2N4O3/c21-17(22)8-14-11-25(6-5-23-14)9-12-1-2-13-10-26(20(29)15(13)7-12)16-3-4-18(27)24-19(16)28/h1-2,7,14,16-17,23H,3-6,8-11H2,(H,24,27,28). The van der Waals surface area contributed by atoms with Crippen molar-refractivity contribution in [2.45, 2.75) is 50.9 Å². The summed E-state index contributed by atoms with van der Waals surface area (Å²) in [5.41, 5.74) is 2.38. The zero-order valence-corrected chi connectivity index (χ0v) is 16.0. The van der Waals surface area contributed by atoms with E-state index in [1.54, 1.807) is 0 Å². The number of halogens is 2. The molecule has 2 unspecified atom stereocenters. The number of amides is 3. The van der Waals surface area contributed by atoms with Crippen LogP contribution >= 0.6 is 0 Å². The molecule has 0 saturated carbocycles. The number of hydrogen-bond donors (Lipinski definition) is 2. The minimum Gasteiger partial charge on any atom is -0.322 e. The molecule has 2 N–H and O–H groups in total. The lowest BCUT2D eigenvalue weighted by molar-refractivity contribution is -0.136. The highest BCUT2D eigenvalue weighted by molar-refractivity contribution is 6.05. The number of imide groups is 1. The molecule has 1 aromatic rings. The maximum atomic E-state index is 12.9. The van der Waals surface area contributed by atoms with Gasteiger partial charge in [-0.25, -0.2) is 8.78 Å². The summed E-state index contributed by atoms with van der Waals surface area (Å²) < 4.78 is 25.3. The van der Waals surface area contributed by atoms with Crippen molar-refractivity contribution in [1.29, 1.82) is 0 Å². The first kappa shape index (κ1) is 19.9. The molecule has 7 nitrogen and oxygen atoms in total. The lowest BCUT2D eigenvalue weighted by Gasteiger charge is -2.33. The number of piperidine rings is 1. The van der Waals surface area contributed by atoms with Crippen LogP contribution in [-0.2, 0) is 22.7 Å². The molecule has 3 heterocycles. The number of piperazine rings is 1. The van der Waals surface area contributed by atoms with E-state index in [0.717, 1.165) is 17.7 Å². The Balaban J connectivity index is 1.43. The third kappa shape index (κ3) is 4.30. The second-order valence-corrected chi connectivity index (χ2v) is 7.90. The molecule has 3 aliphatic rings. The van der Waals surface area contributed by atoms with Gasteiger partial charge in [-0.2, -0.15) is 0 Å². The molecule has 156 valence electrons. The number of nitrogens with zero attached hydrogens (tertiary/aromatic N) is 2. The van der Waals surface area contributed by atoms with Crippen molar-refractivity contribution in [1.82, 2.24) is 20.4 Å². The van der Waals surface area contributed by atoms with Gasteiger partial charge in [0.05, 0.1) is 0 Å². The summed E-state index contributed by atoms with van der Waals surface area (Å²) in [7, 11) is 0. The Hall–Kier alpha value is -2.39. The van der Waals surface area contributed by atoms with Crippen molar-refractivity contribution in [3.63, 3.8) is 0 Å². The van der Waals surface area contributed by atoms with E-state index in [-0.39, 0.29) is 30.7 Å². The van der Waals surface area contributed by atoms with Gasteiger partial charge in [0, 0.05) is 57.2 Å². The molecule has 0 aromatic heterocycles. The first-order valence-corrected chi connectivity index (χ1v) is 9.91. The topological polar surface area (TPSA) is 81.8 Å². The second-order valence-electron chi connectivity index (χ2n) is 7.90. The molecule has 3 amide bonds. The van der Waals surface area contributed by atoms with E-state index in [2.05, 4.69) is 15.5 Å². The monoisotopic (exact) mass is 406 g/mol. The highest BCUT2D eigenvalue weighted by atomic mass is 19.3. The van der Waals surface area contributed by atoms with Crippen LogP contribution in [0.1, 0.15) is 40.7 Å². The minimum atomic E-state index is -2.33. The van der Waals surface area contributed by atoms with Gasteiger partial charge in [0.15, 0.2) is 0 Å². The number of fused-ring (bicyclic) bond motifs is 1. The smallest absolute Gasteiger partial charge is 0.255 e. The van der Waals surface area contributed by atoms with Crippen LogP contribution in [0, 0.1) is 0 Å². The van der Waals surface area contributed by atoms with E-state index < -0.39 is 18.4 Å². The average molecular weight is 406 g/mol. The normalized spacial score (nSPS) is 25.5. The summed E-state index contributed by atoms with van der Waals surface area (Å²) in [5.74, 6) is -0.931. The first-order chi connectivity index (χ1) is 13.9. The maximum Gasteiger partial charge on any atom is 0.255 e. The molecule has 0 bridgehead atoms. The summed E-state index contributed by atoms with van der Waals surface area (Å²) in [6, 6.07) is 4.83. The van der Waals surface area contributed by atoms with Crippen LogP contribution in [0.4, 0.5) is 8.78 Å². The van der Waals surface area contributed by atoms with Gasteiger partial charge in [-0.3, -0.25) is 24.6 Å². The predicted molar refractivity (Wildman–Crippen MR) is 100 cm³/mol. The molecule has 2 saturated heterocycles. The minimum absolute atomic E-state index is 0.167. The van der Waals surface area contributed by atoms with Crippen molar-refractivity contribution < 1.29 is 23.2 Å². The Morgan fingerprint density at radius 1 is 1.21 bits per heavy atom. The largest absolute Gasteiger partial charge is 0.322 e. The number of alkyl halides is 2. The Labute approximate surface area is 167 Å². The van der Waals surface area contributed by atoms with Crippen LogP contribution in [0.3, 0.4) is 0 Å². The lowest BCUT2D eigenvalue weighted by atomic mass is 10.0. The molecule has 0 radical (unpaired) electrons. The van der Waals surface area contributed by atoms with Gasteiger partial charge < -0.3 is 10.2 Å². The predicted octanol–water partition coefficient (Wildman–Crippen LogP) is 0.877. The third-order valence-electron chi connectivity index (χ3n) is 5.80. The maximum absolute atomic E-state index is 12.9. The Bertz CT molecular complexity index is 832. The van der Waals surface area contributed by atoms with Gasteiger partial charge in [0.2, 0.25) is 18.2 Å². The Morgan fingerprint density at radius 3 is 2.79 bits per heavy atom. The van der Waals surface area contributed by atoms with Crippen molar-refractivity contribution >= 4 is 17.7 Å². The molecule has 29 heavy (non-hydrogen) atoms. The van der Waals surface area contributed by atoms with Crippen LogP contribution in [-0.4, -0.2) is 65.7 Å². The highest BCUT2D eigenvalue weighted by Crippen LogP contribution is 2.28. The molecule has 0 aliphatic carbocycles. The molecule has 9 heteroatoms.